The van der Waals surface area contributed by atoms with E-state index in [1.54, 1.807) is 18.2 Å². The number of methoxy groups -OCH3 is 1. The van der Waals surface area contributed by atoms with Gasteiger partial charge in [0.15, 0.2) is 5.75 Å². The highest BCUT2D eigenvalue weighted by Crippen LogP contribution is 2.18. The molecular weight excluding hydrogens is 286 g/mol. The fourth-order valence-electron chi connectivity index (χ4n) is 1.51. The average molecular weight is 301 g/mol. The summed E-state index contributed by atoms with van der Waals surface area (Å²) in [6.07, 6.45) is -0.366. The van der Waals surface area contributed by atoms with Crippen molar-refractivity contribution in [3.8, 4) is 0 Å². The maximum atomic E-state index is 12.1. The van der Waals surface area contributed by atoms with Gasteiger partial charge in [0.2, 0.25) is 10.0 Å². The number of carbonyl (C=O) groups is 2. The molecule has 1 rings (SSSR count). The molecule has 0 atom stereocenters. The molecule has 0 aliphatic carbocycles. The molecule has 20 heavy (non-hydrogen) atoms. The summed E-state index contributed by atoms with van der Waals surface area (Å²) in [6.45, 7) is -0.251. The molecule has 0 aliphatic heterocycles. The zero-order valence-corrected chi connectivity index (χ0v) is 11.7. The Morgan fingerprint density at radius 3 is 2.35 bits per heavy atom. The Morgan fingerprint density at radius 2 is 1.85 bits per heavy atom. The number of para-hydroxylation sites is 1. The van der Waals surface area contributed by atoms with Crippen LogP contribution in [0.3, 0.4) is 0 Å². The van der Waals surface area contributed by atoms with Crippen LogP contribution in [0.25, 0.3) is 0 Å². The Kier molecular flexibility index (Phi) is 5.51. The summed E-state index contributed by atoms with van der Waals surface area (Å²) >= 11 is 0. The van der Waals surface area contributed by atoms with Crippen LogP contribution in [0.15, 0.2) is 30.3 Å². The normalized spacial score (nSPS) is 10.8. The van der Waals surface area contributed by atoms with E-state index in [1.165, 1.54) is 12.1 Å². The van der Waals surface area contributed by atoms with Crippen molar-refractivity contribution in [2.45, 2.75) is 6.42 Å². The van der Waals surface area contributed by atoms with Gasteiger partial charge in [-0.3, -0.25) is 13.9 Å². The van der Waals surface area contributed by atoms with Crippen LogP contribution in [0, 0.1) is 0 Å². The van der Waals surface area contributed by atoms with Gasteiger partial charge in [0, 0.05) is 6.54 Å². The average Bonchev–Trinajstić information content (AvgIpc) is 2.38. The Morgan fingerprint density at radius 1 is 1.25 bits per heavy atom. The molecule has 0 heterocycles. The Labute approximate surface area is 116 Å². The first-order chi connectivity index (χ1) is 9.36. The van der Waals surface area contributed by atoms with E-state index in [1.807, 2.05) is 0 Å². The van der Waals surface area contributed by atoms with Gasteiger partial charge < -0.3 is 9.84 Å². The van der Waals surface area contributed by atoms with Gasteiger partial charge in [-0.15, -0.1) is 0 Å². The summed E-state index contributed by atoms with van der Waals surface area (Å²) in [6, 6.07) is 7.99. The molecule has 110 valence electrons. The largest absolute Gasteiger partial charge is 0.481 e. The fourth-order valence-corrected chi connectivity index (χ4v) is 2.89. The molecule has 0 unspecified atom stereocenters. The van der Waals surface area contributed by atoms with Gasteiger partial charge >= 0.3 is 11.9 Å². The quantitative estimate of drug-likeness (QED) is 0.735. The smallest absolute Gasteiger partial charge is 0.322 e. The Bertz CT molecular complexity index is 569. The van der Waals surface area contributed by atoms with E-state index in [0.717, 1.165) is 11.4 Å². The molecule has 1 aromatic carbocycles. The van der Waals surface area contributed by atoms with E-state index < -0.39 is 27.7 Å². The number of hydrogen-bond acceptors (Lipinski definition) is 5. The Balaban J connectivity index is 3.04. The number of ether oxygens (including phenoxy) is 1. The SMILES string of the molecule is COC(=O)CS(=O)(=O)N(CCC(=O)O)c1ccccc1. The van der Waals surface area contributed by atoms with E-state index in [9.17, 15) is 18.0 Å². The van der Waals surface area contributed by atoms with Crippen LogP contribution < -0.4 is 4.31 Å². The molecule has 0 amide bonds. The zero-order valence-electron chi connectivity index (χ0n) is 10.9. The second-order valence-corrected chi connectivity index (χ2v) is 5.78. The van der Waals surface area contributed by atoms with E-state index in [0.29, 0.717) is 5.69 Å². The summed E-state index contributed by atoms with van der Waals surface area (Å²) < 4.78 is 29.5. The summed E-state index contributed by atoms with van der Waals surface area (Å²) in [5.74, 6) is -2.86. The number of benzene rings is 1. The van der Waals surface area contributed by atoms with Gasteiger partial charge in [-0.1, -0.05) is 18.2 Å². The number of carbonyl (C=O) groups excluding carboxylic acids is 1. The molecule has 0 saturated carbocycles. The highest BCUT2D eigenvalue weighted by Gasteiger charge is 2.26. The van der Waals surface area contributed by atoms with Gasteiger partial charge in [0.25, 0.3) is 0 Å². The molecule has 1 N–H and O–H groups in total. The summed E-state index contributed by atoms with van der Waals surface area (Å²) in [4.78, 5) is 21.8. The van der Waals surface area contributed by atoms with Crippen molar-refractivity contribution >= 4 is 27.6 Å². The molecule has 0 saturated heterocycles. The predicted molar refractivity (Wildman–Crippen MR) is 71.8 cm³/mol. The van der Waals surface area contributed by atoms with Gasteiger partial charge in [-0.05, 0) is 12.1 Å². The van der Waals surface area contributed by atoms with Gasteiger partial charge in [-0.2, -0.15) is 0 Å². The number of nitrogens with zero attached hydrogens (tertiary/aromatic N) is 1. The Hall–Kier alpha value is -2.09. The van der Waals surface area contributed by atoms with Crippen molar-refractivity contribution in [3.05, 3.63) is 30.3 Å². The highest BCUT2D eigenvalue weighted by molar-refractivity contribution is 7.93. The summed E-state index contributed by atoms with van der Waals surface area (Å²) in [5, 5.41) is 8.69. The van der Waals surface area contributed by atoms with Crippen LogP contribution >= 0.6 is 0 Å². The number of carboxylic acids is 1. The zero-order chi connectivity index (χ0) is 15.2. The number of esters is 1. The third-order valence-corrected chi connectivity index (χ3v) is 4.10. The maximum absolute atomic E-state index is 12.1. The lowest BCUT2D eigenvalue weighted by molar-refractivity contribution is -0.138. The number of sulfonamides is 1. The number of rotatable bonds is 7. The first-order valence-electron chi connectivity index (χ1n) is 5.71. The monoisotopic (exact) mass is 301 g/mol. The number of carboxylic acid groups (broad SMARTS) is 1. The molecule has 0 spiro atoms. The first-order valence-corrected chi connectivity index (χ1v) is 7.32. The van der Waals surface area contributed by atoms with Crippen molar-refractivity contribution in [3.63, 3.8) is 0 Å². The van der Waals surface area contributed by atoms with Gasteiger partial charge in [0.1, 0.15) is 0 Å². The minimum atomic E-state index is -3.99. The fraction of sp³-hybridized carbons (Fsp3) is 0.333. The first kappa shape index (κ1) is 16.0. The summed E-state index contributed by atoms with van der Waals surface area (Å²) in [7, 11) is -2.90. The molecule has 0 fully saturated rings. The van der Waals surface area contributed by atoms with E-state index in [4.69, 9.17) is 5.11 Å². The topological polar surface area (TPSA) is 101 Å². The number of anilines is 1. The van der Waals surface area contributed by atoms with Crippen molar-refractivity contribution in [1.82, 2.24) is 0 Å². The molecule has 0 aliphatic rings. The minimum absolute atomic E-state index is 0.251. The second kappa shape index (κ2) is 6.90. The lowest BCUT2D eigenvalue weighted by Gasteiger charge is -2.23. The standard InChI is InChI=1S/C12H15NO6S/c1-19-12(16)9-20(17,18)13(8-7-11(14)15)10-5-3-2-4-6-10/h2-6H,7-9H2,1H3,(H,14,15). The van der Waals surface area contributed by atoms with Crippen molar-refractivity contribution in [2.24, 2.45) is 0 Å². The van der Waals surface area contributed by atoms with Crippen LogP contribution in [0.4, 0.5) is 5.69 Å². The molecule has 1 aromatic rings. The van der Waals surface area contributed by atoms with E-state index in [2.05, 4.69) is 4.74 Å². The van der Waals surface area contributed by atoms with Crippen molar-refractivity contribution < 1.29 is 27.9 Å². The third kappa shape index (κ3) is 4.54. The van der Waals surface area contributed by atoms with Crippen LogP contribution in [-0.2, 0) is 24.3 Å². The van der Waals surface area contributed by atoms with Gasteiger partial charge in [-0.25, -0.2) is 8.42 Å². The molecule has 0 bridgehead atoms. The highest BCUT2D eigenvalue weighted by atomic mass is 32.2. The third-order valence-electron chi connectivity index (χ3n) is 2.44. The van der Waals surface area contributed by atoms with Crippen molar-refractivity contribution in [2.75, 3.05) is 23.7 Å². The number of aliphatic carboxylic acids is 1. The van der Waals surface area contributed by atoms with Gasteiger partial charge in [0.05, 0.1) is 19.2 Å². The molecular formula is C12H15NO6S. The molecule has 8 heteroatoms. The van der Waals surface area contributed by atoms with Crippen LogP contribution in [0.1, 0.15) is 6.42 Å². The molecule has 7 nitrogen and oxygen atoms in total. The van der Waals surface area contributed by atoms with Crippen LogP contribution in [0.5, 0.6) is 0 Å². The lowest BCUT2D eigenvalue weighted by atomic mass is 10.3. The number of hydrogen-bond donors (Lipinski definition) is 1. The minimum Gasteiger partial charge on any atom is -0.481 e. The van der Waals surface area contributed by atoms with Crippen molar-refractivity contribution in [1.29, 1.82) is 0 Å². The lowest BCUT2D eigenvalue weighted by Crippen LogP contribution is -2.37. The second-order valence-electron chi connectivity index (χ2n) is 3.88. The maximum Gasteiger partial charge on any atom is 0.322 e. The van der Waals surface area contributed by atoms with Crippen LogP contribution in [-0.4, -0.2) is 44.9 Å². The van der Waals surface area contributed by atoms with E-state index in [-0.39, 0.29) is 13.0 Å². The predicted octanol–water partition coefficient (Wildman–Crippen LogP) is 0.471. The van der Waals surface area contributed by atoms with Crippen LogP contribution in [0.2, 0.25) is 0 Å². The molecule has 0 aromatic heterocycles. The van der Waals surface area contributed by atoms with E-state index >= 15 is 0 Å². The summed E-state index contributed by atoms with van der Waals surface area (Å²) in [5.41, 5.74) is 0.303. The molecule has 0 radical (unpaired) electrons.